The van der Waals surface area contributed by atoms with Gasteiger partial charge < -0.3 is 4.90 Å². The van der Waals surface area contributed by atoms with Crippen LogP contribution in [0.5, 0.6) is 0 Å². The third-order valence-corrected chi connectivity index (χ3v) is 3.99. The van der Waals surface area contributed by atoms with Gasteiger partial charge in [0.05, 0.1) is 0 Å². The van der Waals surface area contributed by atoms with Gasteiger partial charge >= 0.3 is 0 Å². The highest BCUT2D eigenvalue weighted by atomic mass is 32.2. The first-order chi connectivity index (χ1) is 7.40. The predicted octanol–water partition coefficient (Wildman–Crippen LogP) is 2.80. The lowest BCUT2D eigenvalue weighted by atomic mass is 10.2. The fourth-order valence-corrected chi connectivity index (χ4v) is 2.78. The molecule has 0 spiro atoms. The summed E-state index contributed by atoms with van der Waals surface area (Å²) >= 11 is 1.99. The third-order valence-electron chi connectivity index (χ3n) is 2.93. The molecule has 0 saturated carbocycles. The molecule has 82 valence electrons. The average molecular weight is 222 g/mol. The van der Waals surface area contributed by atoms with Gasteiger partial charge in [-0.2, -0.15) is 11.8 Å². The molecule has 0 bridgehead atoms. The summed E-state index contributed by atoms with van der Waals surface area (Å²) in [4.78, 5) is 6.85. The van der Waals surface area contributed by atoms with E-state index < -0.39 is 0 Å². The van der Waals surface area contributed by atoms with Crippen LogP contribution in [-0.4, -0.2) is 29.6 Å². The van der Waals surface area contributed by atoms with E-state index in [-0.39, 0.29) is 0 Å². The predicted molar refractivity (Wildman–Crippen MR) is 67.6 cm³/mol. The summed E-state index contributed by atoms with van der Waals surface area (Å²) in [6.45, 7) is 2.31. The molecule has 1 atom stereocenters. The Morgan fingerprint density at radius 2 is 2.33 bits per heavy atom. The van der Waals surface area contributed by atoms with Crippen molar-refractivity contribution in [3.05, 3.63) is 24.4 Å². The molecular formula is C12H18N2S. The topological polar surface area (TPSA) is 16.1 Å². The van der Waals surface area contributed by atoms with Crippen LogP contribution in [0.3, 0.4) is 0 Å². The number of thioether (sulfide) groups is 1. The van der Waals surface area contributed by atoms with Crippen molar-refractivity contribution in [2.75, 3.05) is 24.2 Å². The number of pyridine rings is 1. The van der Waals surface area contributed by atoms with E-state index in [1.807, 2.05) is 24.0 Å². The second-order valence-electron chi connectivity index (χ2n) is 3.99. The molecule has 0 N–H and O–H groups in total. The van der Waals surface area contributed by atoms with Gasteiger partial charge in [0.1, 0.15) is 5.82 Å². The maximum absolute atomic E-state index is 4.43. The molecule has 0 aliphatic carbocycles. The quantitative estimate of drug-likeness (QED) is 0.765. The Kier molecular flexibility index (Phi) is 3.89. The van der Waals surface area contributed by atoms with Crippen molar-refractivity contribution >= 4 is 17.6 Å². The van der Waals surface area contributed by atoms with E-state index >= 15 is 0 Å². The van der Waals surface area contributed by atoms with E-state index in [9.17, 15) is 0 Å². The Morgan fingerprint density at radius 3 is 3.07 bits per heavy atom. The van der Waals surface area contributed by atoms with E-state index in [2.05, 4.69) is 28.3 Å². The van der Waals surface area contributed by atoms with Gasteiger partial charge in [-0.05, 0) is 31.2 Å². The molecule has 1 aromatic heterocycles. The summed E-state index contributed by atoms with van der Waals surface area (Å²) in [5.41, 5.74) is 0. The first-order valence-electron chi connectivity index (χ1n) is 5.59. The fourth-order valence-electron chi connectivity index (χ4n) is 2.04. The van der Waals surface area contributed by atoms with E-state index in [0.717, 1.165) is 24.2 Å². The Bertz CT molecular complexity index is 289. The van der Waals surface area contributed by atoms with Crippen LogP contribution in [0.1, 0.15) is 19.3 Å². The van der Waals surface area contributed by atoms with Gasteiger partial charge in [-0.15, -0.1) is 0 Å². The normalized spacial score (nSPS) is 22.5. The van der Waals surface area contributed by atoms with Crippen molar-refractivity contribution in [2.24, 2.45) is 0 Å². The van der Waals surface area contributed by atoms with Gasteiger partial charge in [-0.3, -0.25) is 0 Å². The summed E-state index contributed by atoms with van der Waals surface area (Å²) < 4.78 is 0. The first-order valence-corrected chi connectivity index (χ1v) is 6.87. The van der Waals surface area contributed by atoms with Crippen LogP contribution in [-0.2, 0) is 0 Å². The Morgan fingerprint density at radius 1 is 1.40 bits per heavy atom. The molecule has 0 amide bonds. The van der Waals surface area contributed by atoms with Crippen molar-refractivity contribution in [3.8, 4) is 0 Å². The smallest absolute Gasteiger partial charge is 0.128 e. The third kappa shape index (κ3) is 2.88. The van der Waals surface area contributed by atoms with Crippen LogP contribution in [0.4, 0.5) is 5.82 Å². The molecule has 0 radical (unpaired) electrons. The highest BCUT2D eigenvalue weighted by Gasteiger charge is 2.17. The van der Waals surface area contributed by atoms with E-state index in [4.69, 9.17) is 0 Å². The molecule has 3 heteroatoms. The summed E-state index contributed by atoms with van der Waals surface area (Å²) in [6.07, 6.45) is 8.11. The van der Waals surface area contributed by atoms with Crippen molar-refractivity contribution in [1.29, 1.82) is 0 Å². The molecule has 1 fully saturated rings. The maximum atomic E-state index is 4.43. The summed E-state index contributed by atoms with van der Waals surface area (Å²) in [5.74, 6) is 1.14. The largest absolute Gasteiger partial charge is 0.356 e. The minimum absolute atomic E-state index is 0.773. The molecule has 1 aliphatic heterocycles. The van der Waals surface area contributed by atoms with E-state index in [1.54, 1.807) is 0 Å². The lowest BCUT2D eigenvalue weighted by molar-refractivity contribution is 0.736. The second-order valence-corrected chi connectivity index (χ2v) is 5.13. The van der Waals surface area contributed by atoms with Crippen LogP contribution >= 0.6 is 11.8 Å². The molecule has 2 rings (SSSR count). The van der Waals surface area contributed by atoms with Gasteiger partial charge in [0.25, 0.3) is 0 Å². The van der Waals surface area contributed by atoms with Gasteiger partial charge in [0.15, 0.2) is 0 Å². The number of aromatic nitrogens is 1. The fraction of sp³-hybridized carbons (Fsp3) is 0.583. The molecule has 0 aromatic carbocycles. The van der Waals surface area contributed by atoms with Crippen molar-refractivity contribution < 1.29 is 0 Å². The number of rotatable bonds is 2. The minimum atomic E-state index is 0.773. The monoisotopic (exact) mass is 222 g/mol. The summed E-state index contributed by atoms with van der Waals surface area (Å²) in [6, 6.07) is 6.16. The van der Waals surface area contributed by atoms with Crippen LogP contribution in [0.25, 0.3) is 0 Å². The molecule has 1 unspecified atom stereocenters. The lowest BCUT2D eigenvalue weighted by Gasteiger charge is -2.24. The average Bonchev–Trinajstić information content (AvgIpc) is 2.55. The van der Waals surface area contributed by atoms with Gasteiger partial charge in [0.2, 0.25) is 0 Å². The van der Waals surface area contributed by atoms with Gasteiger partial charge in [-0.1, -0.05) is 12.5 Å². The zero-order valence-electron chi connectivity index (χ0n) is 9.22. The number of anilines is 1. The molecule has 1 aromatic rings. The van der Waals surface area contributed by atoms with E-state index in [0.29, 0.717) is 0 Å². The Balaban J connectivity index is 2.07. The number of nitrogens with zero attached hydrogens (tertiary/aromatic N) is 2. The summed E-state index contributed by atoms with van der Waals surface area (Å²) in [7, 11) is 0. The lowest BCUT2D eigenvalue weighted by Crippen LogP contribution is -2.30. The highest BCUT2D eigenvalue weighted by molar-refractivity contribution is 7.99. The van der Waals surface area contributed by atoms with Crippen LogP contribution in [0.2, 0.25) is 0 Å². The van der Waals surface area contributed by atoms with Crippen molar-refractivity contribution in [2.45, 2.75) is 24.5 Å². The highest BCUT2D eigenvalue weighted by Crippen LogP contribution is 2.22. The molecule has 1 aliphatic rings. The Labute approximate surface area is 96.1 Å². The van der Waals surface area contributed by atoms with Crippen LogP contribution < -0.4 is 4.90 Å². The van der Waals surface area contributed by atoms with E-state index in [1.165, 1.54) is 19.3 Å². The van der Waals surface area contributed by atoms with Crippen LogP contribution in [0.15, 0.2) is 24.4 Å². The second kappa shape index (κ2) is 5.40. The molecule has 15 heavy (non-hydrogen) atoms. The zero-order chi connectivity index (χ0) is 10.5. The molecule has 2 nitrogen and oxygen atoms in total. The van der Waals surface area contributed by atoms with Gasteiger partial charge in [-0.25, -0.2) is 4.98 Å². The van der Waals surface area contributed by atoms with Crippen molar-refractivity contribution in [1.82, 2.24) is 4.98 Å². The minimum Gasteiger partial charge on any atom is -0.356 e. The molecular weight excluding hydrogens is 204 g/mol. The first kappa shape index (κ1) is 10.8. The number of hydrogen-bond donors (Lipinski definition) is 0. The van der Waals surface area contributed by atoms with Crippen molar-refractivity contribution in [3.63, 3.8) is 0 Å². The maximum Gasteiger partial charge on any atom is 0.128 e. The zero-order valence-corrected chi connectivity index (χ0v) is 10.0. The molecule has 1 saturated heterocycles. The summed E-state index contributed by atoms with van der Waals surface area (Å²) in [5, 5.41) is 0.773. The van der Waals surface area contributed by atoms with Crippen LogP contribution in [0, 0.1) is 0 Å². The van der Waals surface area contributed by atoms with Gasteiger partial charge in [0, 0.05) is 24.5 Å². The SMILES string of the molecule is CSC1CCCCN(c2ccccn2)C1. The molecule has 2 heterocycles. The standard InChI is InChI=1S/C12H18N2S/c1-15-11-6-3-5-9-14(10-11)12-7-2-4-8-13-12/h2,4,7-8,11H,3,5-6,9-10H2,1H3. The Hall–Kier alpha value is -0.700. The number of hydrogen-bond acceptors (Lipinski definition) is 3.